The molecule has 5 nitrogen and oxygen atoms in total. The van der Waals surface area contributed by atoms with Gasteiger partial charge in [0.15, 0.2) is 11.6 Å². The van der Waals surface area contributed by atoms with Crippen LogP contribution in [0.4, 0.5) is 4.39 Å². The molecule has 1 atom stereocenters. The van der Waals surface area contributed by atoms with Crippen molar-refractivity contribution in [1.82, 2.24) is 14.9 Å². The Morgan fingerprint density at radius 1 is 1.55 bits per heavy atom. The zero-order valence-electron chi connectivity index (χ0n) is 11.3. The predicted molar refractivity (Wildman–Crippen MR) is 72.1 cm³/mol. The van der Waals surface area contributed by atoms with Crippen LogP contribution in [0.1, 0.15) is 17.3 Å². The normalized spacial score (nSPS) is 11.9. The number of ether oxygens (including phenoxy) is 1. The number of carbonyl (C=O) groups is 1. The van der Waals surface area contributed by atoms with Crippen molar-refractivity contribution < 1.29 is 13.9 Å². The maximum Gasteiger partial charge on any atom is 0.251 e. The summed E-state index contributed by atoms with van der Waals surface area (Å²) in [6, 6.07) is 4.03. The van der Waals surface area contributed by atoms with Crippen molar-refractivity contribution in [3.63, 3.8) is 0 Å². The quantitative estimate of drug-likeness (QED) is 0.907. The lowest BCUT2D eigenvalue weighted by molar-refractivity contribution is 0.0936. The van der Waals surface area contributed by atoms with Gasteiger partial charge in [-0.3, -0.25) is 4.79 Å². The monoisotopic (exact) mass is 277 g/mol. The highest BCUT2D eigenvalue weighted by Gasteiger charge is 2.12. The molecule has 0 spiro atoms. The minimum absolute atomic E-state index is 0.0955. The standard InChI is InChI=1S/C14H16FN3O2/c1-10(8-18-6-5-16-9-18)17-14(19)11-3-4-13(20-2)12(15)7-11/h3-7,9-10H,8H2,1-2H3,(H,17,19). The number of imidazole rings is 1. The summed E-state index contributed by atoms with van der Waals surface area (Å²) in [6.07, 6.45) is 5.17. The van der Waals surface area contributed by atoms with Crippen molar-refractivity contribution in [2.24, 2.45) is 0 Å². The van der Waals surface area contributed by atoms with Crippen molar-refractivity contribution in [2.45, 2.75) is 19.5 Å². The molecule has 0 bridgehead atoms. The van der Waals surface area contributed by atoms with Crippen LogP contribution in [-0.2, 0) is 6.54 Å². The molecule has 1 amide bonds. The van der Waals surface area contributed by atoms with E-state index in [0.29, 0.717) is 6.54 Å². The Morgan fingerprint density at radius 3 is 2.95 bits per heavy atom. The van der Waals surface area contributed by atoms with E-state index in [0.717, 1.165) is 6.07 Å². The van der Waals surface area contributed by atoms with E-state index in [1.54, 1.807) is 12.5 Å². The van der Waals surface area contributed by atoms with Crippen LogP contribution < -0.4 is 10.1 Å². The lowest BCUT2D eigenvalue weighted by Crippen LogP contribution is -2.35. The lowest BCUT2D eigenvalue weighted by Gasteiger charge is -2.14. The van der Waals surface area contributed by atoms with Crippen molar-refractivity contribution in [3.05, 3.63) is 48.3 Å². The molecular formula is C14H16FN3O2. The molecular weight excluding hydrogens is 261 g/mol. The summed E-state index contributed by atoms with van der Waals surface area (Å²) in [5, 5.41) is 2.80. The van der Waals surface area contributed by atoms with Crippen LogP contribution in [0.3, 0.4) is 0 Å². The van der Waals surface area contributed by atoms with Crippen molar-refractivity contribution >= 4 is 5.91 Å². The first kappa shape index (κ1) is 14.0. The Kier molecular flexibility index (Phi) is 4.34. The molecule has 0 radical (unpaired) electrons. The van der Waals surface area contributed by atoms with Crippen molar-refractivity contribution in [3.8, 4) is 5.75 Å². The van der Waals surface area contributed by atoms with E-state index in [2.05, 4.69) is 10.3 Å². The van der Waals surface area contributed by atoms with E-state index in [1.807, 2.05) is 17.7 Å². The number of amides is 1. The van der Waals surface area contributed by atoms with Crippen LogP contribution in [0, 0.1) is 5.82 Å². The summed E-state index contributed by atoms with van der Waals surface area (Å²) in [5.41, 5.74) is 0.265. The third-order valence-electron chi connectivity index (χ3n) is 2.84. The fourth-order valence-corrected chi connectivity index (χ4v) is 1.87. The van der Waals surface area contributed by atoms with Gasteiger partial charge in [-0.1, -0.05) is 0 Å². The SMILES string of the molecule is COc1ccc(C(=O)NC(C)Cn2ccnc2)cc1F. The van der Waals surface area contributed by atoms with Crippen LogP contribution in [0.25, 0.3) is 0 Å². The molecule has 0 saturated carbocycles. The van der Waals surface area contributed by atoms with E-state index in [4.69, 9.17) is 4.74 Å². The van der Waals surface area contributed by atoms with Gasteiger partial charge < -0.3 is 14.6 Å². The van der Waals surface area contributed by atoms with E-state index in [1.165, 1.54) is 19.2 Å². The summed E-state index contributed by atoms with van der Waals surface area (Å²) in [7, 11) is 1.38. The summed E-state index contributed by atoms with van der Waals surface area (Å²) < 4.78 is 20.2. The molecule has 0 aliphatic carbocycles. The predicted octanol–water partition coefficient (Wildman–Crippen LogP) is 1.85. The maximum atomic E-state index is 13.5. The molecule has 1 aromatic heterocycles. The van der Waals surface area contributed by atoms with Crippen LogP contribution >= 0.6 is 0 Å². The van der Waals surface area contributed by atoms with Gasteiger partial charge in [0.1, 0.15) is 0 Å². The third kappa shape index (κ3) is 3.34. The minimum atomic E-state index is -0.553. The molecule has 0 aliphatic heterocycles. The summed E-state index contributed by atoms with van der Waals surface area (Å²) in [6.45, 7) is 2.47. The second-order valence-electron chi connectivity index (χ2n) is 4.48. The zero-order chi connectivity index (χ0) is 14.5. The average molecular weight is 277 g/mol. The number of carbonyl (C=O) groups excluding carboxylic acids is 1. The molecule has 1 N–H and O–H groups in total. The fourth-order valence-electron chi connectivity index (χ4n) is 1.87. The first-order valence-electron chi connectivity index (χ1n) is 6.20. The smallest absolute Gasteiger partial charge is 0.251 e. The highest BCUT2D eigenvalue weighted by molar-refractivity contribution is 5.94. The molecule has 0 aliphatic rings. The third-order valence-corrected chi connectivity index (χ3v) is 2.84. The molecule has 2 rings (SSSR count). The average Bonchev–Trinajstić information content (AvgIpc) is 2.91. The van der Waals surface area contributed by atoms with Gasteiger partial charge in [-0.2, -0.15) is 0 Å². The number of rotatable bonds is 5. The topological polar surface area (TPSA) is 56.1 Å². The molecule has 106 valence electrons. The molecule has 2 aromatic rings. The number of benzene rings is 1. The summed E-state index contributed by atoms with van der Waals surface area (Å²) in [4.78, 5) is 15.9. The highest BCUT2D eigenvalue weighted by atomic mass is 19.1. The number of halogens is 1. The van der Waals surface area contributed by atoms with Crippen LogP contribution in [0.2, 0.25) is 0 Å². The van der Waals surface area contributed by atoms with Crippen LogP contribution in [0.5, 0.6) is 5.75 Å². The Morgan fingerprint density at radius 2 is 2.35 bits per heavy atom. The van der Waals surface area contributed by atoms with E-state index < -0.39 is 5.82 Å². The van der Waals surface area contributed by atoms with Crippen LogP contribution in [-0.4, -0.2) is 28.6 Å². The van der Waals surface area contributed by atoms with Gasteiger partial charge in [-0.05, 0) is 25.1 Å². The van der Waals surface area contributed by atoms with Crippen molar-refractivity contribution in [1.29, 1.82) is 0 Å². The second-order valence-corrected chi connectivity index (χ2v) is 4.48. The van der Waals surface area contributed by atoms with Gasteiger partial charge in [-0.15, -0.1) is 0 Å². The number of hydrogen-bond acceptors (Lipinski definition) is 3. The Labute approximate surface area is 116 Å². The molecule has 0 saturated heterocycles. The van der Waals surface area contributed by atoms with Gasteiger partial charge in [0.2, 0.25) is 0 Å². The van der Waals surface area contributed by atoms with Crippen molar-refractivity contribution in [2.75, 3.05) is 7.11 Å². The first-order valence-corrected chi connectivity index (χ1v) is 6.20. The van der Waals surface area contributed by atoms with Gasteiger partial charge in [-0.25, -0.2) is 9.37 Å². The number of aromatic nitrogens is 2. The van der Waals surface area contributed by atoms with E-state index >= 15 is 0 Å². The Balaban J connectivity index is 1.99. The molecule has 6 heteroatoms. The molecule has 1 unspecified atom stereocenters. The Bertz CT molecular complexity index is 584. The highest BCUT2D eigenvalue weighted by Crippen LogP contribution is 2.17. The Hall–Kier alpha value is -2.37. The largest absolute Gasteiger partial charge is 0.494 e. The number of nitrogens with zero attached hydrogens (tertiary/aromatic N) is 2. The van der Waals surface area contributed by atoms with E-state index in [-0.39, 0.29) is 23.3 Å². The summed E-state index contributed by atoms with van der Waals surface area (Å²) >= 11 is 0. The van der Waals surface area contributed by atoms with Gasteiger partial charge in [0, 0.05) is 30.5 Å². The minimum Gasteiger partial charge on any atom is -0.494 e. The van der Waals surface area contributed by atoms with Gasteiger partial charge in [0.05, 0.1) is 13.4 Å². The first-order chi connectivity index (χ1) is 9.60. The van der Waals surface area contributed by atoms with Crippen LogP contribution in [0.15, 0.2) is 36.9 Å². The van der Waals surface area contributed by atoms with Gasteiger partial charge >= 0.3 is 0 Å². The van der Waals surface area contributed by atoms with E-state index in [9.17, 15) is 9.18 Å². The zero-order valence-corrected chi connectivity index (χ0v) is 11.3. The fraction of sp³-hybridized carbons (Fsp3) is 0.286. The maximum absolute atomic E-state index is 13.5. The summed E-state index contributed by atoms with van der Waals surface area (Å²) in [5.74, 6) is -0.755. The molecule has 0 fully saturated rings. The second kappa shape index (κ2) is 6.18. The number of methoxy groups -OCH3 is 1. The molecule has 1 heterocycles. The molecule has 20 heavy (non-hydrogen) atoms. The number of nitrogens with one attached hydrogen (secondary N) is 1. The number of hydrogen-bond donors (Lipinski definition) is 1. The lowest BCUT2D eigenvalue weighted by atomic mass is 10.2. The van der Waals surface area contributed by atoms with Gasteiger partial charge in [0.25, 0.3) is 5.91 Å². The molecule has 1 aromatic carbocycles.